The topological polar surface area (TPSA) is 54.3 Å². The zero-order valence-electron chi connectivity index (χ0n) is 14.4. The number of nitrogens with one attached hydrogen (secondary N) is 1. The number of halogens is 1. The second-order valence-electron chi connectivity index (χ2n) is 5.99. The maximum absolute atomic E-state index is 12.5. The molecule has 0 radical (unpaired) electrons. The van der Waals surface area contributed by atoms with Crippen molar-refractivity contribution >= 4 is 29.1 Å². The molecule has 0 fully saturated rings. The normalized spacial score (nSPS) is 10.4. The maximum atomic E-state index is 12.5. The molecule has 0 aliphatic rings. The van der Waals surface area contributed by atoms with Gasteiger partial charge in [0.1, 0.15) is 0 Å². The molecule has 0 bridgehead atoms. The molecule has 6 heteroatoms. The lowest BCUT2D eigenvalue weighted by Gasteiger charge is -2.13. The fraction of sp³-hybridized carbons (Fsp3) is 0.100. The molecule has 3 aromatic rings. The van der Waals surface area contributed by atoms with Gasteiger partial charge in [0.25, 0.3) is 11.8 Å². The van der Waals surface area contributed by atoms with Crippen LogP contribution >= 0.6 is 11.6 Å². The van der Waals surface area contributed by atoms with Gasteiger partial charge in [-0.05, 0) is 48.5 Å². The van der Waals surface area contributed by atoms with Gasteiger partial charge in [-0.25, -0.2) is 0 Å². The third-order valence-electron chi connectivity index (χ3n) is 3.87. The van der Waals surface area contributed by atoms with Gasteiger partial charge < -0.3 is 14.8 Å². The Labute approximate surface area is 156 Å². The molecule has 0 saturated carbocycles. The highest BCUT2D eigenvalue weighted by molar-refractivity contribution is 6.34. The average Bonchev–Trinajstić information content (AvgIpc) is 3.16. The first-order valence-corrected chi connectivity index (χ1v) is 8.39. The number of hydrogen-bond donors (Lipinski definition) is 1. The monoisotopic (exact) mass is 367 g/mol. The van der Waals surface area contributed by atoms with Gasteiger partial charge in [-0.3, -0.25) is 9.59 Å². The standard InChI is InChI=1S/C20H18ClN3O2/c1-23(2)20(26)17-9-8-15(13-18(17)21)22-19(25)14-6-5-7-16(12-14)24-10-3-4-11-24/h3-13H,1-2H3,(H,22,25). The Kier molecular flexibility index (Phi) is 5.09. The first-order valence-electron chi connectivity index (χ1n) is 8.01. The van der Waals surface area contributed by atoms with Crippen molar-refractivity contribution in [3.05, 3.63) is 83.1 Å². The largest absolute Gasteiger partial charge is 0.345 e. The van der Waals surface area contributed by atoms with Crippen molar-refractivity contribution in [2.24, 2.45) is 0 Å². The summed E-state index contributed by atoms with van der Waals surface area (Å²) >= 11 is 6.19. The number of aromatic nitrogens is 1. The Morgan fingerprint density at radius 3 is 2.38 bits per heavy atom. The van der Waals surface area contributed by atoms with Crippen molar-refractivity contribution < 1.29 is 9.59 Å². The highest BCUT2D eigenvalue weighted by atomic mass is 35.5. The molecule has 0 unspecified atom stereocenters. The molecular weight excluding hydrogens is 350 g/mol. The summed E-state index contributed by atoms with van der Waals surface area (Å²) in [5.41, 5.74) is 2.35. The van der Waals surface area contributed by atoms with Crippen LogP contribution in [0.25, 0.3) is 5.69 Å². The first-order chi connectivity index (χ1) is 12.5. The Bertz CT molecular complexity index is 949. The molecule has 2 aromatic carbocycles. The van der Waals surface area contributed by atoms with Crippen LogP contribution in [0.4, 0.5) is 5.69 Å². The van der Waals surface area contributed by atoms with Crippen LogP contribution in [0.2, 0.25) is 5.02 Å². The van der Waals surface area contributed by atoms with Crippen LogP contribution in [-0.2, 0) is 0 Å². The van der Waals surface area contributed by atoms with Crippen LogP contribution in [0.3, 0.4) is 0 Å². The van der Waals surface area contributed by atoms with Crippen molar-refractivity contribution in [3.8, 4) is 5.69 Å². The van der Waals surface area contributed by atoms with Crippen molar-refractivity contribution in [3.63, 3.8) is 0 Å². The SMILES string of the molecule is CN(C)C(=O)c1ccc(NC(=O)c2cccc(-n3cccc3)c2)cc1Cl. The van der Waals surface area contributed by atoms with E-state index in [1.165, 1.54) is 4.90 Å². The van der Waals surface area contributed by atoms with Gasteiger partial charge in [0.05, 0.1) is 10.6 Å². The zero-order chi connectivity index (χ0) is 18.7. The van der Waals surface area contributed by atoms with E-state index >= 15 is 0 Å². The lowest BCUT2D eigenvalue weighted by Crippen LogP contribution is -2.22. The Morgan fingerprint density at radius 1 is 1.00 bits per heavy atom. The van der Waals surface area contributed by atoms with Gasteiger partial charge in [-0.1, -0.05) is 17.7 Å². The van der Waals surface area contributed by atoms with Crippen molar-refractivity contribution in [2.75, 3.05) is 19.4 Å². The lowest BCUT2D eigenvalue weighted by atomic mass is 10.1. The van der Waals surface area contributed by atoms with E-state index in [9.17, 15) is 9.59 Å². The summed E-state index contributed by atoms with van der Waals surface area (Å²) in [6, 6.07) is 16.0. The molecule has 0 spiro atoms. The fourth-order valence-corrected chi connectivity index (χ4v) is 2.79. The fourth-order valence-electron chi connectivity index (χ4n) is 2.52. The highest BCUT2D eigenvalue weighted by Gasteiger charge is 2.14. The number of anilines is 1. The number of rotatable bonds is 4. The van der Waals surface area contributed by atoms with Gasteiger partial charge in [0, 0.05) is 43.4 Å². The summed E-state index contributed by atoms with van der Waals surface area (Å²) in [6.45, 7) is 0. The van der Waals surface area contributed by atoms with E-state index in [0.29, 0.717) is 21.8 Å². The summed E-state index contributed by atoms with van der Waals surface area (Å²) in [7, 11) is 3.32. The number of benzene rings is 2. The Balaban J connectivity index is 1.79. The molecule has 1 heterocycles. The summed E-state index contributed by atoms with van der Waals surface area (Å²) in [5, 5.41) is 3.10. The molecule has 1 N–H and O–H groups in total. The minimum Gasteiger partial charge on any atom is -0.345 e. The van der Waals surface area contributed by atoms with E-state index < -0.39 is 0 Å². The molecule has 0 aliphatic carbocycles. The van der Waals surface area contributed by atoms with Gasteiger partial charge >= 0.3 is 0 Å². The highest BCUT2D eigenvalue weighted by Crippen LogP contribution is 2.22. The van der Waals surface area contributed by atoms with E-state index in [-0.39, 0.29) is 11.8 Å². The predicted molar refractivity (Wildman–Crippen MR) is 103 cm³/mol. The van der Waals surface area contributed by atoms with Crippen LogP contribution in [0.1, 0.15) is 20.7 Å². The number of amides is 2. The molecule has 0 saturated heterocycles. The van der Waals surface area contributed by atoms with E-state index in [1.54, 1.807) is 44.4 Å². The third kappa shape index (κ3) is 3.78. The number of carbonyl (C=O) groups is 2. The Hall–Kier alpha value is -3.05. The number of hydrogen-bond acceptors (Lipinski definition) is 2. The predicted octanol–water partition coefficient (Wildman–Crippen LogP) is 4.08. The van der Waals surface area contributed by atoms with Gasteiger partial charge in [0.2, 0.25) is 0 Å². The van der Waals surface area contributed by atoms with Crippen LogP contribution < -0.4 is 5.32 Å². The molecule has 1 aromatic heterocycles. The van der Waals surface area contributed by atoms with Crippen molar-refractivity contribution in [1.29, 1.82) is 0 Å². The van der Waals surface area contributed by atoms with E-state index in [4.69, 9.17) is 11.6 Å². The summed E-state index contributed by atoms with van der Waals surface area (Å²) < 4.78 is 1.93. The maximum Gasteiger partial charge on any atom is 0.255 e. The molecule has 0 atom stereocenters. The molecular formula is C20H18ClN3O2. The van der Waals surface area contributed by atoms with Crippen molar-refractivity contribution in [2.45, 2.75) is 0 Å². The summed E-state index contributed by atoms with van der Waals surface area (Å²) in [6.07, 6.45) is 3.83. The van der Waals surface area contributed by atoms with E-state index in [2.05, 4.69) is 5.32 Å². The summed E-state index contributed by atoms with van der Waals surface area (Å²) in [5.74, 6) is -0.436. The van der Waals surface area contributed by atoms with Crippen molar-refractivity contribution in [1.82, 2.24) is 9.47 Å². The van der Waals surface area contributed by atoms with Crippen LogP contribution in [0.15, 0.2) is 67.0 Å². The molecule has 132 valence electrons. The first kappa shape index (κ1) is 17.8. The molecule has 0 aliphatic heterocycles. The van der Waals surface area contributed by atoms with Gasteiger partial charge in [-0.15, -0.1) is 0 Å². The third-order valence-corrected chi connectivity index (χ3v) is 4.19. The molecule has 2 amide bonds. The van der Waals surface area contributed by atoms with E-state index in [1.807, 2.05) is 41.2 Å². The van der Waals surface area contributed by atoms with Crippen LogP contribution in [-0.4, -0.2) is 35.4 Å². The van der Waals surface area contributed by atoms with E-state index in [0.717, 1.165) is 5.69 Å². The van der Waals surface area contributed by atoms with Gasteiger partial charge in [0.15, 0.2) is 0 Å². The second-order valence-corrected chi connectivity index (χ2v) is 6.40. The lowest BCUT2D eigenvalue weighted by molar-refractivity contribution is 0.0827. The number of nitrogens with zero attached hydrogens (tertiary/aromatic N) is 2. The molecule has 5 nitrogen and oxygen atoms in total. The minimum atomic E-state index is -0.248. The molecule has 26 heavy (non-hydrogen) atoms. The second kappa shape index (κ2) is 7.45. The average molecular weight is 368 g/mol. The van der Waals surface area contributed by atoms with Crippen LogP contribution in [0, 0.1) is 0 Å². The quantitative estimate of drug-likeness (QED) is 0.755. The minimum absolute atomic E-state index is 0.188. The number of carbonyl (C=O) groups excluding carboxylic acids is 2. The van der Waals surface area contributed by atoms with Crippen LogP contribution in [0.5, 0.6) is 0 Å². The Morgan fingerprint density at radius 2 is 1.73 bits per heavy atom. The zero-order valence-corrected chi connectivity index (χ0v) is 15.2. The van der Waals surface area contributed by atoms with Gasteiger partial charge in [-0.2, -0.15) is 0 Å². The summed E-state index contributed by atoms with van der Waals surface area (Å²) in [4.78, 5) is 26.0. The molecule has 3 rings (SSSR count). The smallest absolute Gasteiger partial charge is 0.255 e.